The van der Waals surface area contributed by atoms with Crippen molar-refractivity contribution in [2.45, 2.75) is 11.1 Å². The number of sulfonamides is 1. The van der Waals surface area contributed by atoms with E-state index >= 15 is 0 Å². The second-order valence-electron chi connectivity index (χ2n) is 4.17. The zero-order chi connectivity index (χ0) is 14.9. The molecule has 0 saturated carbocycles. The maximum atomic E-state index is 12.4. The van der Waals surface area contributed by atoms with Gasteiger partial charge in [-0.1, -0.05) is 0 Å². The number of benzene rings is 1. The van der Waals surface area contributed by atoms with Gasteiger partial charge in [0.1, 0.15) is 0 Å². The summed E-state index contributed by atoms with van der Waals surface area (Å²) in [6.07, 6.45) is -0.846. The molecule has 0 aliphatic carbocycles. The Bertz CT molecular complexity index is 632. The van der Waals surface area contributed by atoms with Gasteiger partial charge < -0.3 is 15.6 Å². The lowest BCUT2D eigenvalue weighted by Gasteiger charge is -2.31. The van der Waals surface area contributed by atoms with Crippen LogP contribution in [-0.2, 0) is 14.8 Å². The summed E-state index contributed by atoms with van der Waals surface area (Å²) in [5.74, 6) is -0.597. The van der Waals surface area contributed by atoms with Crippen LogP contribution in [0.15, 0.2) is 23.1 Å². The number of nitro benzene ring substituents is 1. The van der Waals surface area contributed by atoms with E-state index in [2.05, 4.69) is 0 Å². The average molecular weight is 303 g/mol. The Hall–Kier alpha value is -1.75. The van der Waals surface area contributed by atoms with Crippen molar-refractivity contribution >= 4 is 15.7 Å². The fourth-order valence-corrected chi connectivity index (χ4v) is 3.35. The molecule has 1 saturated heterocycles. The molecule has 0 aromatic heterocycles. The lowest BCUT2D eigenvalue weighted by molar-refractivity contribution is -0.386. The summed E-state index contributed by atoms with van der Waals surface area (Å²) >= 11 is 0. The molecule has 10 heteroatoms. The number of rotatable bonds is 3. The normalized spacial score (nSPS) is 20.8. The number of phenolic OH excluding ortho intramolecular Hbond substituents is 1. The first-order chi connectivity index (χ1) is 9.34. The Morgan fingerprint density at radius 3 is 2.80 bits per heavy atom. The van der Waals surface area contributed by atoms with Crippen LogP contribution in [0, 0.1) is 10.1 Å². The summed E-state index contributed by atoms with van der Waals surface area (Å²) in [5.41, 5.74) is 5.00. The molecule has 1 fully saturated rings. The number of hydrogen-bond acceptors (Lipinski definition) is 7. The smallest absolute Gasteiger partial charge is 0.312 e. The molecular formula is C10H13N3O6S. The van der Waals surface area contributed by atoms with Crippen LogP contribution in [0.1, 0.15) is 0 Å². The molecule has 20 heavy (non-hydrogen) atoms. The van der Waals surface area contributed by atoms with Gasteiger partial charge in [0.2, 0.25) is 10.0 Å². The van der Waals surface area contributed by atoms with Gasteiger partial charge >= 0.3 is 5.69 Å². The molecule has 1 aromatic rings. The van der Waals surface area contributed by atoms with Crippen molar-refractivity contribution < 1.29 is 23.2 Å². The number of nitro groups is 1. The first-order valence-corrected chi connectivity index (χ1v) is 7.10. The van der Waals surface area contributed by atoms with Crippen LogP contribution in [0.25, 0.3) is 0 Å². The van der Waals surface area contributed by atoms with Crippen LogP contribution >= 0.6 is 0 Å². The third kappa shape index (κ3) is 2.58. The Kier molecular flexibility index (Phi) is 3.90. The maximum absolute atomic E-state index is 12.4. The van der Waals surface area contributed by atoms with E-state index in [1.165, 1.54) is 0 Å². The van der Waals surface area contributed by atoms with E-state index in [1.807, 2.05) is 0 Å². The zero-order valence-corrected chi connectivity index (χ0v) is 11.1. The van der Waals surface area contributed by atoms with E-state index in [4.69, 9.17) is 10.5 Å². The topological polar surface area (TPSA) is 136 Å². The number of nitrogens with zero attached hydrogens (tertiary/aromatic N) is 2. The van der Waals surface area contributed by atoms with Gasteiger partial charge in [0.15, 0.2) is 5.75 Å². The van der Waals surface area contributed by atoms with Gasteiger partial charge in [0, 0.05) is 12.6 Å². The molecule has 1 atom stereocenters. The summed E-state index contributed by atoms with van der Waals surface area (Å²) in [7, 11) is -3.97. The molecule has 0 spiro atoms. The van der Waals surface area contributed by atoms with Crippen molar-refractivity contribution in [1.82, 2.24) is 4.31 Å². The lowest BCUT2D eigenvalue weighted by atomic mass is 10.3. The van der Waals surface area contributed by atoms with E-state index < -0.39 is 32.5 Å². The molecule has 3 N–H and O–H groups in total. The van der Waals surface area contributed by atoms with Gasteiger partial charge in [-0.3, -0.25) is 10.1 Å². The van der Waals surface area contributed by atoms with E-state index in [-0.39, 0.29) is 24.7 Å². The number of nitrogens with two attached hydrogens (primary N) is 1. The number of phenols is 1. The average Bonchev–Trinajstić information content (AvgIpc) is 2.38. The quantitative estimate of drug-likeness (QED) is 0.573. The van der Waals surface area contributed by atoms with Crippen molar-refractivity contribution in [3.05, 3.63) is 28.3 Å². The maximum Gasteiger partial charge on any atom is 0.312 e. The predicted octanol–water partition coefficient (Wildman–Crippen LogP) is -0.394. The molecule has 2 rings (SSSR count). The summed E-state index contributed by atoms with van der Waals surface area (Å²) in [6, 6.07) is 2.88. The summed E-state index contributed by atoms with van der Waals surface area (Å²) in [5, 5.41) is 20.1. The molecule has 1 aromatic carbocycles. The Morgan fingerprint density at radius 2 is 2.20 bits per heavy atom. The third-order valence-corrected chi connectivity index (χ3v) is 4.79. The van der Waals surface area contributed by atoms with E-state index in [0.717, 1.165) is 22.5 Å². The number of aromatic hydroxyl groups is 1. The van der Waals surface area contributed by atoms with Crippen LogP contribution in [0.5, 0.6) is 5.75 Å². The largest absolute Gasteiger partial charge is 0.502 e. The molecular weight excluding hydrogens is 290 g/mol. The second kappa shape index (κ2) is 5.32. The van der Waals surface area contributed by atoms with Crippen LogP contribution in [0.3, 0.4) is 0 Å². The molecule has 1 unspecified atom stereocenters. The predicted molar refractivity (Wildman–Crippen MR) is 67.4 cm³/mol. The van der Waals surface area contributed by atoms with Crippen LogP contribution in [0.4, 0.5) is 5.69 Å². The third-order valence-electron chi connectivity index (χ3n) is 2.86. The fourth-order valence-electron chi connectivity index (χ4n) is 1.85. The van der Waals surface area contributed by atoms with Gasteiger partial charge in [0.25, 0.3) is 0 Å². The summed E-state index contributed by atoms with van der Waals surface area (Å²) < 4.78 is 30.8. The van der Waals surface area contributed by atoms with Crippen LogP contribution < -0.4 is 5.73 Å². The molecule has 1 heterocycles. The number of ether oxygens (including phenoxy) is 1. The van der Waals surface area contributed by atoms with Crippen molar-refractivity contribution in [3.8, 4) is 5.75 Å². The first kappa shape index (κ1) is 14.7. The Morgan fingerprint density at radius 1 is 1.50 bits per heavy atom. The standard InChI is InChI=1S/C10H13N3O6S/c11-10-6-19-4-3-12(10)20(17,18)7-1-2-9(14)8(5-7)13(15)16/h1-2,5,10,14H,3-4,6,11H2. The fraction of sp³-hybridized carbons (Fsp3) is 0.400. The minimum Gasteiger partial charge on any atom is -0.502 e. The monoisotopic (exact) mass is 303 g/mol. The van der Waals surface area contributed by atoms with Gasteiger partial charge in [-0.25, -0.2) is 8.42 Å². The highest BCUT2D eigenvalue weighted by atomic mass is 32.2. The van der Waals surface area contributed by atoms with Crippen LogP contribution in [-0.4, -0.2) is 48.7 Å². The second-order valence-corrected chi connectivity index (χ2v) is 6.06. The van der Waals surface area contributed by atoms with Gasteiger partial charge in [-0.15, -0.1) is 0 Å². The van der Waals surface area contributed by atoms with Crippen molar-refractivity contribution in [2.24, 2.45) is 5.73 Å². The highest BCUT2D eigenvalue weighted by Gasteiger charge is 2.33. The van der Waals surface area contributed by atoms with E-state index in [9.17, 15) is 23.6 Å². The van der Waals surface area contributed by atoms with E-state index in [1.54, 1.807) is 0 Å². The number of morpholine rings is 1. The van der Waals surface area contributed by atoms with Gasteiger partial charge in [-0.05, 0) is 12.1 Å². The molecule has 9 nitrogen and oxygen atoms in total. The Balaban J connectivity index is 2.44. The zero-order valence-electron chi connectivity index (χ0n) is 10.3. The molecule has 1 aliphatic rings. The minimum absolute atomic E-state index is 0.0550. The van der Waals surface area contributed by atoms with Gasteiger partial charge in [-0.2, -0.15) is 4.31 Å². The SMILES string of the molecule is NC1COCCN1S(=O)(=O)c1ccc(O)c([N+](=O)[O-])c1. The molecule has 1 aliphatic heterocycles. The van der Waals surface area contributed by atoms with E-state index in [0.29, 0.717) is 0 Å². The number of hydrogen-bond donors (Lipinski definition) is 2. The minimum atomic E-state index is -3.97. The molecule has 0 bridgehead atoms. The van der Waals surface area contributed by atoms with Gasteiger partial charge in [0.05, 0.1) is 29.2 Å². The highest BCUT2D eigenvalue weighted by molar-refractivity contribution is 7.89. The first-order valence-electron chi connectivity index (χ1n) is 5.66. The molecule has 0 amide bonds. The highest BCUT2D eigenvalue weighted by Crippen LogP contribution is 2.30. The summed E-state index contributed by atoms with van der Waals surface area (Å²) in [6.45, 7) is 0.324. The summed E-state index contributed by atoms with van der Waals surface area (Å²) in [4.78, 5) is 9.59. The van der Waals surface area contributed by atoms with Crippen LogP contribution in [0.2, 0.25) is 0 Å². The molecule has 0 radical (unpaired) electrons. The lowest BCUT2D eigenvalue weighted by Crippen LogP contribution is -2.53. The molecule has 110 valence electrons. The van der Waals surface area contributed by atoms with Crippen molar-refractivity contribution in [1.29, 1.82) is 0 Å². The van der Waals surface area contributed by atoms with Crippen molar-refractivity contribution in [2.75, 3.05) is 19.8 Å². The van der Waals surface area contributed by atoms with Crippen molar-refractivity contribution in [3.63, 3.8) is 0 Å². The Labute approximate surface area is 114 Å².